The van der Waals surface area contributed by atoms with Gasteiger partial charge in [0.2, 0.25) is 0 Å². The van der Waals surface area contributed by atoms with Crippen LogP contribution in [-0.2, 0) is 0 Å². The minimum Gasteiger partial charge on any atom is -0.298 e. The van der Waals surface area contributed by atoms with E-state index < -0.39 is 0 Å². The summed E-state index contributed by atoms with van der Waals surface area (Å²) >= 11 is 3.56. The Balaban J connectivity index is 2.68. The van der Waals surface area contributed by atoms with Crippen LogP contribution in [0.5, 0.6) is 0 Å². The van der Waals surface area contributed by atoms with E-state index in [0.717, 1.165) is 27.4 Å². The highest BCUT2D eigenvalue weighted by Gasteiger charge is 2.09. The Labute approximate surface area is 116 Å². The third kappa shape index (κ3) is 2.25. The quantitative estimate of drug-likeness (QED) is 0.725. The Morgan fingerprint density at radius 2 is 1.72 bits per heavy atom. The Morgan fingerprint density at radius 1 is 1.00 bits per heavy atom. The van der Waals surface area contributed by atoms with Gasteiger partial charge in [-0.1, -0.05) is 34.1 Å². The van der Waals surface area contributed by atoms with Crippen LogP contribution in [0, 0.1) is 20.8 Å². The third-order valence-corrected chi connectivity index (χ3v) is 4.16. The molecule has 2 aromatic carbocycles. The van der Waals surface area contributed by atoms with Gasteiger partial charge < -0.3 is 0 Å². The van der Waals surface area contributed by atoms with Crippen LogP contribution in [0.4, 0.5) is 0 Å². The largest absolute Gasteiger partial charge is 0.298 e. The van der Waals surface area contributed by atoms with Crippen molar-refractivity contribution in [2.45, 2.75) is 20.8 Å². The van der Waals surface area contributed by atoms with Crippen LogP contribution in [0.25, 0.3) is 11.1 Å². The van der Waals surface area contributed by atoms with Gasteiger partial charge in [0.1, 0.15) is 6.29 Å². The van der Waals surface area contributed by atoms with Crippen molar-refractivity contribution >= 4 is 22.2 Å². The van der Waals surface area contributed by atoms with Gasteiger partial charge in [0.15, 0.2) is 0 Å². The lowest BCUT2D eigenvalue weighted by atomic mass is 9.93. The maximum Gasteiger partial charge on any atom is 0.150 e. The summed E-state index contributed by atoms with van der Waals surface area (Å²) in [6.45, 7) is 6.12. The summed E-state index contributed by atoms with van der Waals surface area (Å²) in [6, 6.07) is 10.2. The fraction of sp³-hybridized carbons (Fsp3) is 0.188. The molecule has 0 aliphatic carbocycles. The lowest BCUT2D eigenvalue weighted by Crippen LogP contribution is -1.93. The number of aldehydes is 1. The highest BCUT2D eigenvalue weighted by molar-refractivity contribution is 9.10. The number of aryl methyl sites for hydroxylation is 2. The van der Waals surface area contributed by atoms with Gasteiger partial charge in [0.05, 0.1) is 0 Å². The first-order chi connectivity index (χ1) is 8.54. The molecule has 18 heavy (non-hydrogen) atoms. The van der Waals surface area contributed by atoms with E-state index in [4.69, 9.17) is 0 Å². The molecule has 92 valence electrons. The molecule has 2 heteroatoms. The molecule has 0 amide bonds. The number of benzene rings is 2. The zero-order chi connectivity index (χ0) is 13.3. The zero-order valence-corrected chi connectivity index (χ0v) is 12.3. The smallest absolute Gasteiger partial charge is 0.150 e. The first-order valence-corrected chi connectivity index (χ1v) is 6.66. The van der Waals surface area contributed by atoms with Crippen LogP contribution in [-0.4, -0.2) is 6.29 Å². The predicted octanol–water partition coefficient (Wildman–Crippen LogP) is 4.85. The summed E-state index contributed by atoms with van der Waals surface area (Å²) in [7, 11) is 0. The van der Waals surface area contributed by atoms with E-state index in [1.165, 1.54) is 16.7 Å². The van der Waals surface area contributed by atoms with Crippen molar-refractivity contribution in [3.8, 4) is 11.1 Å². The van der Waals surface area contributed by atoms with Crippen molar-refractivity contribution in [2.24, 2.45) is 0 Å². The minimum atomic E-state index is 0.767. The molecule has 0 heterocycles. The molecule has 0 bridgehead atoms. The van der Waals surface area contributed by atoms with E-state index in [0.29, 0.717) is 0 Å². The average Bonchev–Trinajstić information content (AvgIpc) is 2.35. The minimum absolute atomic E-state index is 0.767. The molecule has 0 aliphatic heterocycles. The molecule has 0 aromatic heterocycles. The molecule has 0 atom stereocenters. The van der Waals surface area contributed by atoms with E-state index in [1.807, 2.05) is 32.0 Å². The highest BCUT2D eigenvalue weighted by Crippen LogP contribution is 2.32. The molecule has 2 aromatic rings. The van der Waals surface area contributed by atoms with E-state index in [9.17, 15) is 4.79 Å². The maximum atomic E-state index is 10.9. The molecular formula is C16H15BrO. The molecule has 0 spiro atoms. The topological polar surface area (TPSA) is 17.1 Å². The van der Waals surface area contributed by atoms with Crippen molar-refractivity contribution in [3.63, 3.8) is 0 Å². The van der Waals surface area contributed by atoms with Crippen molar-refractivity contribution in [1.82, 2.24) is 0 Å². The summed E-state index contributed by atoms with van der Waals surface area (Å²) < 4.78 is 1.11. The van der Waals surface area contributed by atoms with Gasteiger partial charge in [-0.2, -0.15) is 0 Å². The van der Waals surface area contributed by atoms with Gasteiger partial charge in [0.25, 0.3) is 0 Å². The van der Waals surface area contributed by atoms with Gasteiger partial charge in [-0.3, -0.25) is 4.79 Å². The molecule has 0 fully saturated rings. The second kappa shape index (κ2) is 5.07. The SMILES string of the molecule is Cc1cc(-c2cccc(Br)c2C)c(C)cc1C=O. The second-order valence-electron chi connectivity index (χ2n) is 4.55. The molecular weight excluding hydrogens is 288 g/mol. The Hall–Kier alpha value is -1.41. The summed E-state index contributed by atoms with van der Waals surface area (Å²) in [5, 5.41) is 0. The van der Waals surface area contributed by atoms with Gasteiger partial charge >= 0.3 is 0 Å². The van der Waals surface area contributed by atoms with E-state index in [1.54, 1.807) is 0 Å². The molecule has 1 nitrogen and oxygen atoms in total. The Bertz CT molecular complexity index is 615. The van der Waals surface area contributed by atoms with Crippen molar-refractivity contribution < 1.29 is 4.79 Å². The van der Waals surface area contributed by atoms with Crippen LogP contribution in [0.1, 0.15) is 27.0 Å². The van der Waals surface area contributed by atoms with Gasteiger partial charge in [-0.05, 0) is 60.7 Å². The summed E-state index contributed by atoms with van der Waals surface area (Å²) in [5.41, 5.74) is 6.54. The fourth-order valence-corrected chi connectivity index (χ4v) is 2.52. The van der Waals surface area contributed by atoms with E-state index >= 15 is 0 Å². The van der Waals surface area contributed by atoms with Crippen LogP contribution < -0.4 is 0 Å². The Kier molecular flexibility index (Phi) is 3.67. The third-order valence-electron chi connectivity index (χ3n) is 3.30. The highest BCUT2D eigenvalue weighted by atomic mass is 79.9. The molecule has 0 saturated carbocycles. The second-order valence-corrected chi connectivity index (χ2v) is 5.41. The number of rotatable bonds is 2. The van der Waals surface area contributed by atoms with Crippen LogP contribution in [0.3, 0.4) is 0 Å². The number of carbonyl (C=O) groups is 1. The molecule has 2 rings (SSSR count). The normalized spacial score (nSPS) is 10.4. The van der Waals surface area contributed by atoms with Gasteiger partial charge in [-0.25, -0.2) is 0 Å². The van der Waals surface area contributed by atoms with E-state index in [-0.39, 0.29) is 0 Å². The molecule has 0 saturated heterocycles. The van der Waals surface area contributed by atoms with Crippen LogP contribution in [0.2, 0.25) is 0 Å². The van der Waals surface area contributed by atoms with Crippen molar-refractivity contribution in [3.05, 3.63) is 57.1 Å². The van der Waals surface area contributed by atoms with Gasteiger partial charge in [0, 0.05) is 10.0 Å². The van der Waals surface area contributed by atoms with Crippen molar-refractivity contribution in [1.29, 1.82) is 0 Å². The predicted molar refractivity (Wildman–Crippen MR) is 79.2 cm³/mol. The number of hydrogen-bond donors (Lipinski definition) is 0. The fourth-order valence-electron chi connectivity index (χ4n) is 2.15. The van der Waals surface area contributed by atoms with Crippen molar-refractivity contribution in [2.75, 3.05) is 0 Å². The molecule has 0 N–H and O–H groups in total. The maximum absolute atomic E-state index is 10.9. The molecule has 0 aliphatic rings. The molecule has 0 radical (unpaired) electrons. The molecule has 0 unspecified atom stereocenters. The monoisotopic (exact) mass is 302 g/mol. The average molecular weight is 303 g/mol. The lowest BCUT2D eigenvalue weighted by Gasteiger charge is -2.13. The summed E-state index contributed by atoms with van der Waals surface area (Å²) in [5.74, 6) is 0. The van der Waals surface area contributed by atoms with Gasteiger partial charge in [-0.15, -0.1) is 0 Å². The number of hydrogen-bond acceptors (Lipinski definition) is 1. The van der Waals surface area contributed by atoms with Crippen LogP contribution >= 0.6 is 15.9 Å². The number of halogens is 1. The summed E-state index contributed by atoms with van der Waals surface area (Å²) in [6.07, 6.45) is 0.917. The Morgan fingerprint density at radius 3 is 2.39 bits per heavy atom. The zero-order valence-electron chi connectivity index (χ0n) is 10.8. The standard InChI is InChI=1S/C16H15BrO/c1-10-8-15(11(2)7-13(10)9-18)14-5-4-6-16(17)12(14)3/h4-9H,1-3H3. The number of carbonyl (C=O) groups excluding carboxylic acids is 1. The lowest BCUT2D eigenvalue weighted by molar-refractivity contribution is 0.112. The summed E-state index contributed by atoms with van der Waals surface area (Å²) in [4.78, 5) is 10.9. The first-order valence-electron chi connectivity index (χ1n) is 5.86. The van der Waals surface area contributed by atoms with E-state index in [2.05, 4.69) is 35.0 Å². The first kappa shape index (κ1) is 13.0. The van der Waals surface area contributed by atoms with Crippen LogP contribution in [0.15, 0.2) is 34.8 Å².